The van der Waals surface area contributed by atoms with Crippen LogP contribution in [0.15, 0.2) is 72.8 Å². The molecule has 0 radical (unpaired) electrons. The fourth-order valence-corrected chi connectivity index (χ4v) is 5.79. The monoisotopic (exact) mass is 582 g/mol. The summed E-state index contributed by atoms with van der Waals surface area (Å²) < 4.78 is 5.19. The van der Waals surface area contributed by atoms with E-state index in [0.29, 0.717) is 38.0 Å². The summed E-state index contributed by atoms with van der Waals surface area (Å²) in [5.41, 5.74) is 4.71. The van der Waals surface area contributed by atoms with Gasteiger partial charge in [-0.15, -0.1) is 0 Å². The van der Waals surface area contributed by atoms with Crippen LogP contribution in [0.1, 0.15) is 91.4 Å². The summed E-state index contributed by atoms with van der Waals surface area (Å²) in [4.78, 5) is 39.7. The Labute approximate surface area is 254 Å². The summed E-state index contributed by atoms with van der Waals surface area (Å²) in [6.07, 6.45) is 9.65. The normalized spacial score (nSPS) is 16.6. The lowest BCUT2D eigenvalue weighted by Gasteiger charge is -2.22. The molecule has 0 saturated heterocycles. The van der Waals surface area contributed by atoms with Crippen molar-refractivity contribution in [1.82, 2.24) is 4.90 Å². The van der Waals surface area contributed by atoms with Crippen molar-refractivity contribution in [3.05, 3.63) is 101 Å². The van der Waals surface area contributed by atoms with E-state index < -0.39 is 11.2 Å². The van der Waals surface area contributed by atoms with Gasteiger partial charge in [0.05, 0.1) is 11.8 Å². The molecule has 0 aromatic heterocycles. The van der Waals surface area contributed by atoms with Gasteiger partial charge < -0.3 is 20.1 Å². The predicted octanol–water partition coefficient (Wildman–Crippen LogP) is 6.57. The molecule has 3 aromatic carbocycles. The molecular formula is C36H42N2O5. The molecule has 1 aliphatic heterocycles. The zero-order valence-electron chi connectivity index (χ0n) is 25.2. The average molecular weight is 583 g/mol. The molecule has 2 N–H and O–H groups in total. The molecule has 0 spiro atoms. The third-order valence-corrected chi connectivity index (χ3v) is 8.29. The second-order valence-corrected chi connectivity index (χ2v) is 12.6. The van der Waals surface area contributed by atoms with Crippen LogP contribution in [0.3, 0.4) is 0 Å². The van der Waals surface area contributed by atoms with E-state index in [4.69, 9.17) is 4.74 Å². The minimum absolute atomic E-state index is 0.0491. The maximum Gasteiger partial charge on any atom is 0.314 e. The number of anilines is 1. The Kier molecular flexibility index (Phi) is 9.31. The minimum Gasteiger partial charge on any atom is -0.433 e. The highest BCUT2D eigenvalue weighted by Gasteiger charge is 2.52. The van der Waals surface area contributed by atoms with Gasteiger partial charge in [-0.05, 0) is 59.7 Å². The molecule has 1 heterocycles. The van der Waals surface area contributed by atoms with Gasteiger partial charge in [0, 0.05) is 38.2 Å². The Bertz CT molecular complexity index is 1440. The molecular weight excluding hydrogens is 540 g/mol. The number of carbonyl (C=O) groups is 3. The first-order chi connectivity index (χ1) is 20.6. The van der Waals surface area contributed by atoms with Crippen molar-refractivity contribution < 1.29 is 24.2 Å². The van der Waals surface area contributed by atoms with Crippen molar-refractivity contribution in [3.8, 4) is 0 Å². The maximum atomic E-state index is 12.7. The molecule has 2 saturated carbocycles. The van der Waals surface area contributed by atoms with Gasteiger partial charge in [-0.1, -0.05) is 86.7 Å². The fourth-order valence-electron chi connectivity index (χ4n) is 5.79. The van der Waals surface area contributed by atoms with Gasteiger partial charge in [0.2, 0.25) is 11.7 Å². The fraction of sp³-hybridized carbons (Fsp3) is 0.417. The number of rotatable bonds is 9. The van der Waals surface area contributed by atoms with Gasteiger partial charge in [0.1, 0.15) is 0 Å². The van der Waals surface area contributed by atoms with Crippen LogP contribution in [-0.2, 0) is 40.3 Å². The lowest BCUT2D eigenvalue weighted by Crippen LogP contribution is -2.32. The molecule has 226 valence electrons. The van der Waals surface area contributed by atoms with E-state index in [9.17, 15) is 19.5 Å². The third-order valence-electron chi connectivity index (χ3n) is 8.29. The van der Waals surface area contributed by atoms with Crippen LogP contribution in [0, 0.1) is 5.41 Å². The molecule has 2 aliphatic carbocycles. The number of ether oxygens (including phenoxy) is 1. The zero-order valence-corrected chi connectivity index (χ0v) is 25.2. The van der Waals surface area contributed by atoms with Crippen LogP contribution in [0.5, 0.6) is 0 Å². The third kappa shape index (κ3) is 8.32. The van der Waals surface area contributed by atoms with E-state index >= 15 is 0 Å². The van der Waals surface area contributed by atoms with Crippen LogP contribution in [-0.4, -0.2) is 33.6 Å². The Morgan fingerprint density at radius 2 is 1.53 bits per heavy atom. The van der Waals surface area contributed by atoms with Crippen molar-refractivity contribution >= 4 is 23.5 Å². The van der Waals surface area contributed by atoms with E-state index in [1.165, 1.54) is 46.0 Å². The molecule has 2 amide bonds. The highest BCUT2D eigenvalue weighted by atomic mass is 16.7. The highest BCUT2D eigenvalue weighted by molar-refractivity contribution is 5.98. The second kappa shape index (κ2) is 13.1. The molecule has 0 unspecified atom stereocenters. The van der Waals surface area contributed by atoms with Gasteiger partial charge >= 0.3 is 5.97 Å². The van der Waals surface area contributed by atoms with Crippen LogP contribution < -0.4 is 5.32 Å². The van der Waals surface area contributed by atoms with Crippen molar-refractivity contribution in [2.24, 2.45) is 5.41 Å². The van der Waals surface area contributed by atoms with Crippen molar-refractivity contribution in [3.63, 3.8) is 0 Å². The number of aliphatic hydroxyl groups is 1. The number of hydrogen-bond acceptors (Lipinski definition) is 5. The lowest BCUT2D eigenvalue weighted by atomic mass is 9.96. The quantitative estimate of drug-likeness (QED) is 0.220. The molecule has 3 aromatic rings. The number of nitrogens with zero attached hydrogens (tertiary/aromatic N) is 1. The van der Waals surface area contributed by atoms with E-state index in [0.717, 1.165) is 27.8 Å². The predicted molar refractivity (Wildman–Crippen MR) is 166 cm³/mol. The molecule has 0 atom stereocenters. The Hall–Kier alpha value is -3.97. The van der Waals surface area contributed by atoms with Crippen LogP contribution in [0.4, 0.5) is 5.69 Å². The van der Waals surface area contributed by atoms with Crippen LogP contribution in [0.25, 0.3) is 0 Å². The van der Waals surface area contributed by atoms with Crippen LogP contribution in [0.2, 0.25) is 0 Å². The maximum absolute atomic E-state index is 12.7. The lowest BCUT2D eigenvalue weighted by molar-refractivity contribution is -0.201. The topological polar surface area (TPSA) is 95.9 Å². The van der Waals surface area contributed by atoms with Gasteiger partial charge in [0.15, 0.2) is 0 Å². The molecule has 43 heavy (non-hydrogen) atoms. The van der Waals surface area contributed by atoms with E-state index in [2.05, 4.69) is 5.32 Å². The van der Waals surface area contributed by atoms with E-state index in [1.54, 1.807) is 0 Å². The minimum atomic E-state index is -1.50. The zero-order chi connectivity index (χ0) is 30.5. The molecule has 7 nitrogen and oxygen atoms in total. The number of fused-ring (bicyclic) bond motifs is 1. The highest BCUT2D eigenvalue weighted by Crippen LogP contribution is 2.50. The number of amides is 2. The number of carbonyl (C=O) groups excluding carboxylic acids is 3. The number of nitrogens with one attached hydrogen (secondary N) is 1. The molecule has 2 fully saturated rings. The molecule has 6 rings (SSSR count). The first-order valence-electron chi connectivity index (χ1n) is 15.4. The largest absolute Gasteiger partial charge is 0.433 e. The van der Waals surface area contributed by atoms with E-state index in [-0.39, 0.29) is 24.2 Å². The van der Waals surface area contributed by atoms with Gasteiger partial charge in [-0.25, -0.2) is 0 Å². The smallest absolute Gasteiger partial charge is 0.314 e. The van der Waals surface area contributed by atoms with Crippen LogP contribution >= 0.6 is 0 Å². The molecule has 7 heteroatoms. The standard InChI is InChI=1S/C31H32N2O5.C5H10/c1-30(2,37)38-29(36)31(14-15-31)18-23-6-5-8-25(16-23)32-27(34)17-21-10-12-22(13-11-21)19-33-20-24-7-3-4-9-26(24)28(33)35;1-2-4-5-3-1/h3-13,16,37H,14-15,17-20H2,1-2H3,(H,32,34);1-5H2. The first-order valence-corrected chi connectivity index (χ1v) is 15.4. The van der Waals surface area contributed by atoms with Gasteiger partial charge in [-0.2, -0.15) is 0 Å². The van der Waals surface area contributed by atoms with Crippen molar-refractivity contribution in [2.75, 3.05) is 5.32 Å². The van der Waals surface area contributed by atoms with Gasteiger partial charge in [0.25, 0.3) is 5.91 Å². The Morgan fingerprint density at radius 3 is 2.16 bits per heavy atom. The number of hydrogen-bond donors (Lipinski definition) is 2. The average Bonchev–Trinajstić information content (AvgIpc) is 3.35. The first kappa shape index (κ1) is 30.5. The number of esters is 1. The Morgan fingerprint density at radius 1 is 0.884 bits per heavy atom. The molecule has 0 bridgehead atoms. The summed E-state index contributed by atoms with van der Waals surface area (Å²) in [6, 6.07) is 22.9. The number of benzene rings is 3. The second-order valence-electron chi connectivity index (χ2n) is 12.6. The van der Waals surface area contributed by atoms with E-state index in [1.807, 2.05) is 77.7 Å². The summed E-state index contributed by atoms with van der Waals surface area (Å²) in [6.45, 7) is 4.02. The SMILES string of the molecule is C1CCCC1.CC(C)(O)OC(=O)C1(Cc2cccc(NC(=O)Cc3ccc(CN4Cc5ccccc5C4=O)cc3)c2)CC1. The van der Waals surface area contributed by atoms with Crippen molar-refractivity contribution in [2.45, 2.75) is 90.5 Å². The summed E-state index contributed by atoms with van der Waals surface area (Å²) in [7, 11) is 0. The van der Waals surface area contributed by atoms with Gasteiger partial charge in [-0.3, -0.25) is 14.4 Å². The molecule has 3 aliphatic rings. The summed E-state index contributed by atoms with van der Waals surface area (Å²) in [5, 5.41) is 12.8. The summed E-state index contributed by atoms with van der Waals surface area (Å²) in [5.74, 6) is -1.98. The summed E-state index contributed by atoms with van der Waals surface area (Å²) >= 11 is 0. The van der Waals surface area contributed by atoms with Crippen molar-refractivity contribution in [1.29, 1.82) is 0 Å². The Balaban J connectivity index is 0.000000668.